The van der Waals surface area contributed by atoms with Crippen LogP contribution in [-0.2, 0) is 0 Å². The highest BCUT2D eigenvalue weighted by Crippen LogP contribution is 2.25. The number of hydrogen-bond acceptors (Lipinski definition) is 3. The van der Waals surface area contributed by atoms with Crippen LogP contribution in [0.15, 0.2) is 66.7 Å². The SMILES string of the molecule is Cc1c(Cl)cccc1NC(=O)c1ccc(Oc2ccc(C(N)=O)cc2)cc1. The van der Waals surface area contributed by atoms with E-state index in [-0.39, 0.29) is 5.91 Å². The Kier molecular flexibility index (Phi) is 5.43. The first-order valence-electron chi connectivity index (χ1n) is 8.18. The molecular formula is C21H17ClN2O3. The lowest BCUT2D eigenvalue weighted by Crippen LogP contribution is -2.12. The monoisotopic (exact) mass is 380 g/mol. The summed E-state index contributed by atoms with van der Waals surface area (Å²) in [5.41, 5.74) is 7.59. The maximum Gasteiger partial charge on any atom is 0.255 e. The van der Waals surface area contributed by atoms with E-state index in [2.05, 4.69) is 5.32 Å². The van der Waals surface area contributed by atoms with Crippen LogP contribution in [0.3, 0.4) is 0 Å². The summed E-state index contributed by atoms with van der Waals surface area (Å²) in [6.45, 7) is 1.85. The van der Waals surface area contributed by atoms with Crippen molar-refractivity contribution in [2.24, 2.45) is 5.73 Å². The quantitative estimate of drug-likeness (QED) is 0.667. The van der Waals surface area contributed by atoms with Crippen molar-refractivity contribution in [1.82, 2.24) is 0 Å². The first kappa shape index (κ1) is 18.5. The van der Waals surface area contributed by atoms with Gasteiger partial charge in [-0.2, -0.15) is 0 Å². The topological polar surface area (TPSA) is 81.4 Å². The second-order valence-electron chi connectivity index (χ2n) is 5.88. The Morgan fingerprint density at radius 2 is 1.44 bits per heavy atom. The van der Waals surface area contributed by atoms with Crippen molar-refractivity contribution >= 4 is 29.1 Å². The lowest BCUT2D eigenvalue weighted by molar-refractivity contribution is 0.0997. The molecule has 0 atom stereocenters. The number of ether oxygens (including phenoxy) is 1. The highest BCUT2D eigenvalue weighted by molar-refractivity contribution is 6.31. The Bertz CT molecular complexity index is 983. The van der Waals surface area contributed by atoms with E-state index < -0.39 is 5.91 Å². The van der Waals surface area contributed by atoms with Gasteiger partial charge in [-0.15, -0.1) is 0 Å². The van der Waals surface area contributed by atoms with Gasteiger partial charge in [0.15, 0.2) is 0 Å². The maximum atomic E-state index is 12.4. The number of carbonyl (C=O) groups is 2. The number of rotatable bonds is 5. The van der Waals surface area contributed by atoms with Gasteiger partial charge in [0, 0.05) is 21.8 Å². The summed E-state index contributed by atoms with van der Waals surface area (Å²) in [6, 6.07) is 18.6. The summed E-state index contributed by atoms with van der Waals surface area (Å²) < 4.78 is 5.70. The van der Waals surface area contributed by atoms with E-state index in [1.165, 1.54) is 0 Å². The van der Waals surface area contributed by atoms with Crippen molar-refractivity contribution < 1.29 is 14.3 Å². The van der Waals surface area contributed by atoms with Gasteiger partial charge < -0.3 is 15.8 Å². The first-order valence-corrected chi connectivity index (χ1v) is 8.56. The van der Waals surface area contributed by atoms with Gasteiger partial charge in [-0.1, -0.05) is 17.7 Å². The molecule has 2 amide bonds. The molecule has 3 aromatic carbocycles. The van der Waals surface area contributed by atoms with E-state index in [1.807, 2.05) is 6.92 Å². The molecule has 0 spiro atoms. The minimum atomic E-state index is -0.494. The zero-order valence-corrected chi connectivity index (χ0v) is 15.3. The second-order valence-corrected chi connectivity index (χ2v) is 6.29. The van der Waals surface area contributed by atoms with Crippen LogP contribution in [0.25, 0.3) is 0 Å². The molecule has 0 aliphatic rings. The predicted octanol–water partition coefficient (Wildman–Crippen LogP) is 4.79. The molecule has 0 fully saturated rings. The van der Waals surface area contributed by atoms with Gasteiger partial charge >= 0.3 is 0 Å². The average molecular weight is 381 g/mol. The largest absolute Gasteiger partial charge is 0.457 e. The molecule has 136 valence electrons. The van der Waals surface area contributed by atoms with E-state index >= 15 is 0 Å². The summed E-state index contributed by atoms with van der Waals surface area (Å²) >= 11 is 6.07. The standard InChI is InChI=1S/C21H17ClN2O3/c1-13-18(22)3-2-4-19(13)24-21(26)15-7-11-17(12-8-15)27-16-9-5-14(6-10-16)20(23)25/h2-12H,1H3,(H2,23,25)(H,24,26). The van der Waals surface area contributed by atoms with E-state index in [9.17, 15) is 9.59 Å². The zero-order valence-electron chi connectivity index (χ0n) is 14.5. The van der Waals surface area contributed by atoms with Crippen LogP contribution < -0.4 is 15.8 Å². The van der Waals surface area contributed by atoms with E-state index in [0.29, 0.717) is 33.3 Å². The number of hydrogen-bond donors (Lipinski definition) is 2. The number of amides is 2. The molecule has 0 aliphatic carbocycles. The van der Waals surface area contributed by atoms with Gasteiger partial charge in [-0.05, 0) is 73.2 Å². The van der Waals surface area contributed by atoms with Crippen molar-refractivity contribution in [3.05, 3.63) is 88.4 Å². The van der Waals surface area contributed by atoms with Crippen LogP contribution in [0.1, 0.15) is 26.3 Å². The highest BCUT2D eigenvalue weighted by Gasteiger charge is 2.09. The number of nitrogens with two attached hydrogens (primary N) is 1. The zero-order chi connectivity index (χ0) is 19.4. The smallest absolute Gasteiger partial charge is 0.255 e. The molecule has 0 saturated heterocycles. The summed E-state index contributed by atoms with van der Waals surface area (Å²) in [5, 5.41) is 3.44. The summed E-state index contributed by atoms with van der Waals surface area (Å²) in [7, 11) is 0. The van der Waals surface area contributed by atoms with Crippen LogP contribution >= 0.6 is 11.6 Å². The van der Waals surface area contributed by atoms with E-state index in [0.717, 1.165) is 5.56 Å². The number of anilines is 1. The minimum Gasteiger partial charge on any atom is -0.457 e. The van der Waals surface area contributed by atoms with E-state index in [4.69, 9.17) is 22.1 Å². The molecule has 5 nitrogen and oxygen atoms in total. The minimum absolute atomic E-state index is 0.238. The van der Waals surface area contributed by atoms with Crippen molar-refractivity contribution in [2.75, 3.05) is 5.32 Å². The fraction of sp³-hybridized carbons (Fsp3) is 0.0476. The molecule has 27 heavy (non-hydrogen) atoms. The predicted molar refractivity (Wildman–Crippen MR) is 106 cm³/mol. The molecule has 0 aromatic heterocycles. The van der Waals surface area contributed by atoms with Crippen LogP contribution in [0, 0.1) is 6.92 Å². The third-order valence-corrected chi connectivity index (χ3v) is 4.42. The van der Waals surface area contributed by atoms with Gasteiger partial charge in [0.1, 0.15) is 11.5 Å². The molecule has 3 aromatic rings. The van der Waals surface area contributed by atoms with Crippen LogP contribution in [0.4, 0.5) is 5.69 Å². The third-order valence-electron chi connectivity index (χ3n) is 4.01. The number of nitrogens with one attached hydrogen (secondary N) is 1. The fourth-order valence-corrected chi connectivity index (χ4v) is 2.61. The number of benzene rings is 3. The van der Waals surface area contributed by atoms with E-state index in [1.54, 1.807) is 66.7 Å². The van der Waals surface area contributed by atoms with Crippen molar-refractivity contribution in [2.45, 2.75) is 6.92 Å². The van der Waals surface area contributed by atoms with Crippen LogP contribution in [0.2, 0.25) is 5.02 Å². The summed E-state index contributed by atoms with van der Waals surface area (Å²) in [6.07, 6.45) is 0. The normalized spacial score (nSPS) is 10.3. The number of carbonyl (C=O) groups excluding carboxylic acids is 2. The first-order chi connectivity index (χ1) is 12.9. The number of primary amides is 1. The lowest BCUT2D eigenvalue weighted by atomic mass is 10.1. The Morgan fingerprint density at radius 1 is 0.889 bits per heavy atom. The van der Waals surface area contributed by atoms with Gasteiger partial charge in [0.2, 0.25) is 5.91 Å². The average Bonchev–Trinajstić information content (AvgIpc) is 2.66. The molecule has 0 saturated carbocycles. The van der Waals surface area contributed by atoms with Crippen molar-refractivity contribution in [3.8, 4) is 11.5 Å². The van der Waals surface area contributed by atoms with Gasteiger partial charge in [0.25, 0.3) is 5.91 Å². The highest BCUT2D eigenvalue weighted by atomic mass is 35.5. The second kappa shape index (κ2) is 7.93. The molecule has 0 bridgehead atoms. The number of halogens is 1. The molecular weight excluding hydrogens is 364 g/mol. The van der Waals surface area contributed by atoms with Crippen LogP contribution in [-0.4, -0.2) is 11.8 Å². The molecule has 6 heteroatoms. The van der Waals surface area contributed by atoms with Gasteiger partial charge in [-0.3, -0.25) is 9.59 Å². The molecule has 0 heterocycles. The fourth-order valence-electron chi connectivity index (χ4n) is 2.44. The van der Waals surface area contributed by atoms with Gasteiger partial charge in [-0.25, -0.2) is 0 Å². The molecule has 0 radical (unpaired) electrons. The Hall–Kier alpha value is -3.31. The summed E-state index contributed by atoms with van der Waals surface area (Å²) in [5.74, 6) is 0.397. The molecule has 0 unspecified atom stereocenters. The maximum absolute atomic E-state index is 12.4. The van der Waals surface area contributed by atoms with Crippen molar-refractivity contribution in [3.63, 3.8) is 0 Å². The van der Waals surface area contributed by atoms with Gasteiger partial charge in [0.05, 0.1) is 0 Å². The molecule has 3 rings (SSSR count). The van der Waals surface area contributed by atoms with Crippen molar-refractivity contribution in [1.29, 1.82) is 0 Å². The third kappa shape index (κ3) is 4.46. The molecule has 3 N–H and O–H groups in total. The Morgan fingerprint density at radius 3 is 2.00 bits per heavy atom. The summed E-state index contributed by atoms with van der Waals surface area (Å²) in [4.78, 5) is 23.5. The molecule has 0 aliphatic heterocycles. The lowest BCUT2D eigenvalue weighted by Gasteiger charge is -2.10. The van der Waals surface area contributed by atoms with Crippen LogP contribution in [0.5, 0.6) is 11.5 Å². The Labute approximate surface area is 161 Å². The Balaban J connectivity index is 1.68.